The second kappa shape index (κ2) is 23.1. The Hall–Kier alpha value is -1.99. The van der Waals surface area contributed by atoms with Gasteiger partial charge in [0, 0.05) is 51.2 Å². The Morgan fingerprint density at radius 3 is 2.23 bits per heavy atom. The third kappa shape index (κ3) is 12.8. The summed E-state index contributed by atoms with van der Waals surface area (Å²) < 4.78 is 45.0. The van der Waals surface area contributed by atoms with E-state index in [-0.39, 0.29) is 43.5 Å². The van der Waals surface area contributed by atoms with Crippen LogP contribution >= 0.6 is 0 Å². The number of hydrogen-bond donors (Lipinski definition) is 5. The quantitative estimate of drug-likeness (QED) is 0.155. The number of hydrogen-bond acceptors (Lipinski definition) is 15. The van der Waals surface area contributed by atoms with E-state index < -0.39 is 89.2 Å². The van der Waals surface area contributed by atoms with Crippen LogP contribution in [0.4, 0.5) is 0 Å². The Morgan fingerprint density at radius 2 is 1.63 bits per heavy atom. The van der Waals surface area contributed by atoms with Crippen molar-refractivity contribution >= 4 is 5.97 Å². The molecule has 5 N–H and O–H groups in total. The number of esters is 1. The van der Waals surface area contributed by atoms with Crippen LogP contribution in [0.15, 0.2) is 24.3 Å². The fourth-order valence-corrected chi connectivity index (χ4v) is 11.0. The Balaban J connectivity index is 1.80. The van der Waals surface area contributed by atoms with Gasteiger partial charge in [-0.05, 0) is 117 Å². The summed E-state index contributed by atoms with van der Waals surface area (Å²) >= 11 is 0. The van der Waals surface area contributed by atoms with Gasteiger partial charge in [-0.1, -0.05) is 53.7 Å². The molecule has 15 nitrogen and oxygen atoms in total. The molecule has 1 aromatic rings. The van der Waals surface area contributed by atoms with E-state index in [0.717, 1.165) is 24.3 Å². The molecular weight excluding hydrogens is 835 g/mol. The number of nitrogens with one attached hydrogen (secondary N) is 1. The molecule has 17 atom stereocenters. The van der Waals surface area contributed by atoms with Gasteiger partial charge >= 0.3 is 5.97 Å². The molecular formula is C50H89N3O12. The van der Waals surface area contributed by atoms with Crippen molar-refractivity contribution in [2.45, 2.75) is 206 Å². The van der Waals surface area contributed by atoms with Crippen molar-refractivity contribution < 1.29 is 58.4 Å². The van der Waals surface area contributed by atoms with Crippen molar-refractivity contribution in [2.24, 2.45) is 23.2 Å². The Morgan fingerprint density at radius 1 is 0.954 bits per heavy atom. The van der Waals surface area contributed by atoms with Crippen LogP contribution in [0.3, 0.4) is 0 Å². The molecule has 65 heavy (non-hydrogen) atoms. The minimum atomic E-state index is -1.76. The topological polar surface area (TPSA) is 181 Å². The normalized spacial score (nSPS) is 41.6. The maximum absolute atomic E-state index is 14.6. The molecule has 3 aliphatic heterocycles. The first-order valence-corrected chi connectivity index (χ1v) is 24.2. The molecule has 15 heteroatoms. The number of carbonyl (C=O) groups is 1. The second-order valence-corrected chi connectivity index (χ2v) is 21.1. The van der Waals surface area contributed by atoms with Gasteiger partial charge in [0.1, 0.15) is 34.8 Å². The molecule has 3 saturated heterocycles. The van der Waals surface area contributed by atoms with E-state index in [4.69, 9.17) is 33.2 Å². The van der Waals surface area contributed by atoms with Gasteiger partial charge in [0.05, 0.1) is 43.5 Å². The van der Waals surface area contributed by atoms with E-state index >= 15 is 0 Å². The standard InChI is InChI=1S/C50H89N3O12/c1-17-22-53-28-30(3)43(55)49(12,57)39(18-2)63-45(56)34(7)42(33(6)44(47(9,10)25-31(53)4)65-46-41(54)38(52(13)14)23-32(5)61-46)64-40-26-48(11,60-16)50(58,35(8)62-40)29-51-27-36-20-19-21-37(24-36)59-15/h19-21,24,30-35,38-44,46,51,54-55,57-58H,17-18,22-23,25-29H2,1-16H3/t30-,31+,32+,33-,34+,35-,38-,39+,40+,41+,42+,43+,44+,46-,48-,49+,50+/m0/s1. The molecule has 3 aliphatic rings. The number of methoxy groups -OCH3 is 2. The lowest BCUT2D eigenvalue weighted by Crippen LogP contribution is -2.70. The summed E-state index contributed by atoms with van der Waals surface area (Å²) in [6.45, 7) is 25.1. The maximum Gasteiger partial charge on any atom is 0.311 e. The number of ether oxygens (including phenoxy) is 7. The average Bonchev–Trinajstić information content (AvgIpc) is 3.24. The predicted octanol–water partition coefficient (Wildman–Crippen LogP) is 5.12. The lowest BCUT2D eigenvalue weighted by atomic mass is 9.72. The number of nitrogens with zero attached hydrogens (tertiary/aromatic N) is 2. The van der Waals surface area contributed by atoms with Gasteiger partial charge in [-0.15, -0.1) is 0 Å². The fraction of sp³-hybridized carbons (Fsp3) is 0.860. The Kier molecular flexibility index (Phi) is 19.7. The molecule has 0 aromatic heterocycles. The molecule has 0 aliphatic carbocycles. The molecule has 0 amide bonds. The maximum atomic E-state index is 14.6. The van der Waals surface area contributed by atoms with Crippen LogP contribution in [0.5, 0.6) is 5.75 Å². The number of aliphatic hydroxyl groups is 4. The highest BCUT2D eigenvalue weighted by Gasteiger charge is 2.58. The van der Waals surface area contributed by atoms with Crippen LogP contribution in [0.2, 0.25) is 0 Å². The summed E-state index contributed by atoms with van der Waals surface area (Å²) in [5, 5.41) is 51.5. The summed E-state index contributed by atoms with van der Waals surface area (Å²) in [5.74, 6) is -1.76. The zero-order valence-electron chi connectivity index (χ0n) is 42.7. The van der Waals surface area contributed by atoms with Crippen LogP contribution in [0.1, 0.15) is 121 Å². The van der Waals surface area contributed by atoms with Crippen molar-refractivity contribution in [2.75, 3.05) is 47.9 Å². The molecule has 0 radical (unpaired) electrons. The predicted molar refractivity (Wildman–Crippen MR) is 250 cm³/mol. The first-order valence-electron chi connectivity index (χ1n) is 24.2. The number of benzene rings is 1. The fourth-order valence-electron chi connectivity index (χ4n) is 11.0. The van der Waals surface area contributed by atoms with Crippen LogP contribution < -0.4 is 10.1 Å². The lowest BCUT2D eigenvalue weighted by Gasteiger charge is -2.54. The highest BCUT2D eigenvalue weighted by molar-refractivity contribution is 5.73. The van der Waals surface area contributed by atoms with Crippen molar-refractivity contribution in [1.29, 1.82) is 0 Å². The van der Waals surface area contributed by atoms with Crippen molar-refractivity contribution in [3.05, 3.63) is 29.8 Å². The minimum Gasteiger partial charge on any atom is -0.497 e. The summed E-state index contributed by atoms with van der Waals surface area (Å²) in [5.41, 5.74) is -4.08. The number of rotatable bonds is 14. The molecule has 0 unspecified atom stereocenters. The number of aliphatic hydroxyl groups excluding tert-OH is 2. The van der Waals surface area contributed by atoms with Crippen LogP contribution in [0, 0.1) is 23.2 Å². The van der Waals surface area contributed by atoms with Gasteiger partial charge in [-0.25, -0.2) is 0 Å². The van der Waals surface area contributed by atoms with Crippen molar-refractivity contribution in [3.8, 4) is 5.75 Å². The number of carbonyl (C=O) groups excluding carboxylic acids is 1. The van der Waals surface area contributed by atoms with Gasteiger partial charge in [-0.2, -0.15) is 0 Å². The molecule has 0 bridgehead atoms. The summed E-state index contributed by atoms with van der Waals surface area (Å²) in [4.78, 5) is 19.0. The van der Waals surface area contributed by atoms with Gasteiger partial charge in [0.15, 0.2) is 12.6 Å². The summed E-state index contributed by atoms with van der Waals surface area (Å²) in [6, 6.07) is 7.49. The number of likely N-dealkylation sites (N-methyl/N-ethyl adjacent to an activating group) is 1. The molecule has 3 heterocycles. The van der Waals surface area contributed by atoms with E-state index in [1.165, 1.54) is 0 Å². The van der Waals surface area contributed by atoms with E-state index in [9.17, 15) is 25.2 Å². The van der Waals surface area contributed by atoms with Gasteiger partial charge in [-0.3, -0.25) is 4.79 Å². The van der Waals surface area contributed by atoms with Crippen LogP contribution in [-0.4, -0.2) is 168 Å². The average molecular weight is 924 g/mol. The summed E-state index contributed by atoms with van der Waals surface area (Å²) in [6.07, 6.45) is -5.22. The van der Waals surface area contributed by atoms with Gasteiger partial charge in [0.25, 0.3) is 0 Å². The minimum absolute atomic E-state index is 0.00425. The van der Waals surface area contributed by atoms with E-state index in [0.29, 0.717) is 25.9 Å². The Bertz CT molecular complexity index is 1630. The third-order valence-corrected chi connectivity index (χ3v) is 15.2. The summed E-state index contributed by atoms with van der Waals surface area (Å²) in [7, 11) is 7.07. The second-order valence-electron chi connectivity index (χ2n) is 21.1. The zero-order chi connectivity index (χ0) is 48.8. The van der Waals surface area contributed by atoms with Gasteiger partial charge < -0.3 is 68.7 Å². The van der Waals surface area contributed by atoms with Crippen LogP contribution in [-0.2, 0) is 39.8 Å². The van der Waals surface area contributed by atoms with E-state index in [2.05, 4.69) is 37.9 Å². The zero-order valence-corrected chi connectivity index (χ0v) is 42.7. The van der Waals surface area contributed by atoms with Crippen LogP contribution in [0.25, 0.3) is 0 Å². The monoisotopic (exact) mass is 924 g/mol. The first-order chi connectivity index (χ1) is 30.3. The molecule has 376 valence electrons. The SMILES string of the molecule is CCCN1C[C@H](C)[C@@H](O)[C@](C)(O)[C@@H](CC)OC(=O)[C@H](C)[C@H](O[C@@H]2C[C@](C)(OC)[C@@](O)(CNCc3cccc(OC)c3)[C@H](C)O2)[C@H](C)[C@@H](O[C@@H]2O[C@H](C)C[C@H](N(C)C)[C@H]2O)C(C)(C)C[C@H]1C. The lowest BCUT2D eigenvalue weighted by molar-refractivity contribution is -0.334. The largest absolute Gasteiger partial charge is 0.497 e. The molecule has 1 aromatic carbocycles. The van der Waals surface area contributed by atoms with E-state index in [1.54, 1.807) is 35.0 Å². The van der Waals surface area contributed by atoms with Crippen molar-refractivity contribution in [1.82, 2.24) is 15.1 Å². The third-order valence-electron chi connectivity index (χ3n) is 15.2. The Labute approximate surface area is 391 Å². The van der Waals surface area contributed by atoms with Crippen molar-refractivity contribution in [3.63, 3.8) is 0 Å². The van der Waals surface area contributed by atoms with Gasteiger partial charge in [0.2, 0.25) is 0 Å². The highest BCUT2D eigenvalue weighted by Crippen LogP contribution is 2.45. The molecule has 0 spiro atoms. The number of cyclic esters (lactones) is 1. The smallest absolute Gasteiger partial charge is 0.311 e. The first kappa shape index (κ1) is 55.6. The molecule has 3 fully saturated rings. The van der Waals surface area contributed by atoms with E-state index in [1.807, 2.05) is 77.9 Å². The molecule has 4 rings (SSSR count). The molecule has 0 saturated carbocycles. The highest BCUT2D eigenvalue weighted by atomic mass is 16.7.